The molecule has 0 spiro atoms. The number of fused-ring (bicyclic) bond motifs is 3. The van der Waals surface area contributed by atoms with Crippen molar-refractivity contribution in [2.24, 2.45) is 10.8 Å². The Morgan fingerprint density at radius 2 is 1.62 bits per heavy atom. The number of rotatable bonds is 6. The lowest BCUT2D eigenvalue weighted by Crippen LogP contribution is -2.52. The number of nitrogens with zero attached hydrogens (tertiary/aromatic N) is 1. The third kappa shape index (κ3) is 4.27. The average Bonchev–Trinajstić information content (AvgIpc) is 3.29. The summed E-state index contributed by atoms with van der Waals surface area (Å²) in [7, 11) is 0. The van der Waals surface area contributed by atoms with Crippen molar-refractivity contribution in [1.29, 1.82) is 0 Å². The second kappa shape index (κ2) is 8.78. The molecule has 1 fully saturated rings. The predicted octanol–water partition coefficient (Wildman–Crippen LogP) is 4.26. The van der Waals surface area contributed by atoms with Gasteiger partial charge >= 0.3 is 12.1 Å². The Bertz CT molecular complexity index is 1080. The maximum atomic E-state index is 13.2. The van der Waals surface area contributed by atoms with Crippen molar-refractivity contribution < 1.29 is 24.2 Å². The average molecular weight is 465 g/mol. The largest absolute Gasteiger partial charge is 0.480 e. The Kier molecular flexibility index (Phi) is 6.14. The van der Waals surface area contributed by atoms with E-state index in [9.17, 15) is 19.5 Å². The van der Waals surface area contributed by atoms with Gasteiger partial charge in [0.05, 0.1) is 5.41 Å². The van der Waals surface area contributed by atoms with Gasteiger partial charge in [-0.3, -0.25) is 4.79 Å². The molecule has 2 N–H and O–H groups in total. The zero-order chi connectivity index (χ0) is 24.7. The predicted molar refractivity (Wildman–Crippen MR) is 128 cm³/mol. The van der Waals surface area contributed by atoms with Gasteiger partial charge in [0.15, 0.2) is 0 Å². The monoisotopic (exact) mass is 464 g/mol. The molecule has 0 radical (unpaired) electrons. The van der Waals surface area contributed by atoms with Gasteiger partial charge in [-0.25, -0.2) is 9.59 Å². The Morgan fingerprint density at radius 3 is 2.18 bits per heavy atom. The van der Waals surface area contributed by atoms with Crippen molar-refractivity contribution in [3.05, 3.63) is 59.7 Å². The van der Waals surface area contributed by atoms with Crippen molar-refractivity contribution in [3.63, 3.8) is 0 Å². The fourth-order valence-electron chi connectivity index (χ4n) is 5.19. The zero-order valence-corrected chi connectivity index (χ0v) is 20.1. The number of benzene rings is 2. The quantitative estimate of drug-likeness (QED) is 0.666. The summed E-state index contributed by atoms with van der Waals surface area (Å²) in [5.74, 6) is -1.34. The van der Waals surface area contributed by atoms with E-state index in [0.29, 0.717) is 13.0 Å². The van der Waals surface area contributed by atoms with E-state index in [2.05, 4.69) is 29.6 Å². The number of hydrogen-bond acceptors (Lipinski definition) is 4. The lowest BCUT2D eigenvalue weighted by molar-refractivity contribution is -0.154. The summed E-state index contributed by atoms with van der Waals surface area (Å²) in [5.41, 5.74) is 3.09. The minimum atomic E-state index is -1.00. The van der Waals surface area contributed by atoms with Crippen LogP contribution < -0.4 is 5.32 Å². The van der Waals surface area contributed by atoms with E-state index in [1.807, 2.05) is 38.1 Å². The summed E-state index contributed by atoms with van der Waals surface area (Å²) in [6, 6.07) is 15.3. The summed E-state index contributed by atoms with van der Waals surface area (Å²) in [4.78, 5) is 39.0. The number of carbonyl (C=O) groups excluding carboxylic acids is 2. The maximum Gasteiger partial charge on any atom is 0.407 e. The lowest BCUT2D eigenvalue weighted by Gasteiger charge is -2.34. The Hall–Kier alpha value is -3.35. The van der Waals surface area contributed by atoms with Crippen LogP contribution in [0.2, 0.25) is 0 Å². The summed E-state index contributed by atoms with van der Waals surface area (Å²) < 4.78 is 5.56. The molecule has 2 aliphatic rings. The highest BCUT2D eigenvalue weighted by Gasteiger charge is 2.50. The minimum absolute atomic E-state index is 0.0454. The fourth-order valence-corrected chi connectivity index (χ4v) is 5.19. The van der Waals surface area contributed by atoms with Crippen molar-refractivity contribution in [2.75, 3.05) is 19.7 Å². The minimum Gasteiger partial charge on any atom is -0.480 e. The molecule has 0 saturated carbocycles. The van der Waals surface area contributed by atoms with Crippen LogP contribution in [-0.4, -0.2) is 53.7 Å². The highest BCUT2D eigenvalue weighted by molar-refractivity contribution is 5.88. The number of nitrogens with one attached hydrogen (secondary N) is 1. The van der Waals surface area contributed by atoms with Crippen molar-refractivity contribution in [3.8, 4) is 11.1 Å². The molecule has 7 heteroatoms. The number of hydrogen-bond donors (Lipinski definition) is 2. The first-order valence-electron chi connectivity index (χ1n) is 11.7. The molecule has 0 bridgehead atoms. The number of amides is 2. The van der Waals surface area contributed by atoms with Crippen molar-refractivity contribution >= 4 is 18.0 Å². The first-order valence-corrected chi connectivity index (χ1v) is 11.7. The third-order valence-corrected chi connectivity index (χ3v) is 7.14. The first-order chi connectivity index (χ1) is 16.0. The molecule has 4 rings (SSSR count). The first kappa shape index (κ1) is 23.8. The van der Waals surface area contributed by atoms with Gasteiger partial charge in [-0.05, 0) is 47.9 Å². The normalized spacial score (nSPS) is 18.8. The van der Waals surface area contributed by atoms with E-state index < -0.39 is 28.9 Å². The van der Waals surface area contributed by atoms with Gasteiger partial charge in [0, 0.05) is 19.0 Å². The third-order valence-electron chi connectivity index (χ3n) is 7.14. The van der Waals surface area contributed by atoms with Crippen LogP contribution >= 0.6 is 0 Å². The molecule has 180 valence electrons. The maximum absolute atomic E-state index is 13.2. The van der Waals surface area contributed by atoms with E-state index >= 15 is 0 Å². The summed E-state index contributed by atoms with van der Waals surface area (Å²) >= 11 is 0. The highest BCUT2D eigenvalue weighted by Crippen LogP contribution is 2.44. The van der Waals surface area contributed by atoms with Crippen LogP contribution in [0, 0.1) is 10.8 Å². The molecule has 1 atom stereocenters. The van der Waals surface area contributed by atoms with Crippen LogP contribution in [0.5, 0.6) is 0 Å². The molecular weight excluding hydrogens is 432 g/mol. The molecule has 2 aromatic rings. The molecule has 34 heavy (non-hydrogen) atoms. The van der Waals surface area contributed by atoms with Crippen LogP contribution in [-0.2, 0) is 14.3 Å². The number of carbonyl (C=O) groups is 3. The highest BCUT2D eigenvalue weighted by atomic mass is 16.5. The molecule has 0 aromatic heterocycles. The van der Waals surface area contributed by atoms with Gasteiger partial charge in [0.25, 0.3) is 0 Å². The fraction of sp³-hybridized carbons (Fsp3) is 0.444. The van der Waals surface area contributed by atoms with E-state index in [-0.39, 0.29) is 25.0 Å². The van der Waals surface area contributed by atoms with Gasteiger partial charge < -0.3 is 20.1 Å². The molecule has 2 aromatic carbocycles. The lowest BCUT2D eigenvalue weighted by atomic mass is 9.84. The molecule has 1 aliphatic heterocycles. The van der Waals surface area contributed by atoms with E-state index in [1.165, 1.54) is 4.90 Å². The SMILES string of the molecule is CC(C)(CNC(=O)OCC1c2ccccc2-c2ccccc21)C(=O)N1CCC(C)(C)C1C(=O)O. The van der Waals surface area contributed by atoms with Crippen LogP contribution in [0.3, 0.4) is 0 Å². The second-order valence-electron chi connectivity index (χ2n) is 10.5. The van der Waals surface area contributed by atoms with E-state index in [1.54, 1.807) is 13.8 Å². The molecule has 1 heterocycles. The number of ether oxygens (including phenoxy) is 1. The van der Waals surface area contributed by atoms with Crippen LogP contribution in [0.15, 0.2) is 48.5 Å². The van der Waals surface area contributed by atoms with Crippen molar-refractivity contribution in [2.45, 2.75) is 46.1 Å². The molecule has 7 nitrogen and oxygen atoms in total. The van der Waals surface area contributed by atoms with Crippen LogP contribution in [0.1, 0.15) is 51.2 Å². The summed E-state index contributed by atoms with van der Waals surface area (Å²) in [5, 5.41) is 12.4. The number of aliphatic carboxylic acids is 1. The zero-order valence-electron chi connectivity index (χ0n) is 20.1. The molecule has 1 saturated heterocycles. The Balaban J connectivity index is 1.37. The van der Waals surface area contributed by atoms with E-state index in [4.69, 9.17) is 4.74 Å². The molecular formula is C27H32N2O5. The topological polar surface area (TPSA) is 95.9 Å². The van der Waals surface area contributed by atoms with Crippen molar-refractivity contribution in [1.82, 2.24) is 10.2 Å². The molecule has 1 unspecified atom stereocenters. The summed E-state index contributed by atoms with van der Waals surface area (Å²) in [6.45, 7) is 7.77. The Labute approximate surface area is 200 Å². The number of likely N-dealkylation sites (tertiary alicyclic amines) is 1. The van der Waals surface area contributed by atoms with Gasteiger partial charge in [-0.15, -0.1) is 0 Å². The Morgan fingerprint density at radius 1 is 1.06 bits per heavy atom. The second-order valence-corrected chi connectivity index (χ2v) is 10.5. The number of alkyl carbamates (subject to hydrolysis) is 1. The van der Waals surface area contributed by atoms with Gasteiger partial charge in [0.2, 0.25) is 5.91 Å². The van der Waals surface area contributed by atoms with E-state index in [0.717, 1.165) is 22.3 Å². The van der Waals surface area contributed by atoms with Crippen LogP contribution in [0.4, 0.5) is 4.79 Å². The summed E-state index contributed by atoms with van der Waals surface area (Å²) in [6.07, 6.45) is 0.0188. The van der Waals surface area contributed by atoms with Gasteiger partial charge in [0.1, 0.15) is 12.6 Å². The smallest absolute Gasteiger partial charge is 0.407 e. The van der Waals surface area contributed by atoms with Gasteiger partial charge in [-0.1, -0.05) is 62.4 Å². The van der Waals surface area contributed by atoms with Crippen LogP contribution in [0.25, 0.3) is 11.1 Å². The number of carboxylic acids is 1. The van der Waals surface area contributed by atoms with Gasteiger partial charge in [-0.2, -0.15) is 0 Å². The standard InChI is InChI=1S/C27H32N2O5/c1-26(2)13-14-29(22(26)23(30)31)24(32)27(3,4)16-28-25(33)34-15-21-19-11-7-5-9-17(19)18-10-6-8-12-20(18)21/h5-12,21-22H,13-16H2,1-4H3,(H,28,33)(H,30,31). The number of carboxylic acid groups (broad SMARTS) is 1. The molecule has 2 amide bonds. The molecule has 1 aliphatic carbocycles.